The largest absolute Gasteiger partial charge is 0.374 e. The van der Waals surface area contributed by atoms with E-state index in [1.165, 1.54) is 10.6 Å². The minimum absolute atomic E-state index is 0.186. The highest BCUT2D eigenvalue weighted by Gasteiger charge is 2.26. The molecule has 1 aliphatic rings. The predicted octanol–water partition coefficient (Wildman–Crippen LogP) is 1.07. The monoisotopic (exact) mass is 342 g/mol. The van der Waals surface area contributed by atoms with E-state index < -0.39 is 10.0 Å². The van der Waals surface area contributed by atoms with Crippen LogP contribution in [-0.2, 0) is 14.8 Å². The lowest BCUT2D eigenvalue weighted by atomic mass is 10.3. The second-order valence-electron chi connectivity index (χ2n) is 5.25. The summed E-state index contributed by atoms with van der Waals surface area (Å²) >= 11 is 1.58. The summed E-state index contributed by atoms with van der Waals surface area (Å²) in [4.78, 5) is 8.80. The maximum Gasteiger partial charge on any atom is 0.211 e. The summed E-state index contributed by atoms with van der Waals surface area (Å²) in [5, 5.41) is 5.25. The van der Waals surface area contributed by atoms with Gasteiger partial charge in [-0.3, -0.25) is 0 Å². The number of nitrogens with zero attached hydrogens (tertiary/aromatic N) is 3. The molecule has 1 saturated heterocycles. The first-order valence-corrected chi connectivity index (χ1v) is 9.69. The molecular weight excluding hydrogens is 324 g/mol. The molecule has 1 N–H and O–H groups in total. The van der Waals surface area contributed by atoms with Crippen LogP contribution in [-0.4, -0.2) is 61.3 Å². The van der Waals surface area contributed by atoms with Crippen LogP contribution in [0.1, 0.15) is 5.82 Å². The second-order valence-corrected chi connectivity index (χ2v) is 8.15. The van der Waals surface area contributed by atoms with Gasteiger partial charge in [-0.2, -0.15) is 4.31 Å². The summed E-state index contributed by atoms with van der Waals surface area (Å²) in [6, 6.07) is 1.96. The number of ether oxygens (including phenoxy) is 1. The molecule has 7 nitrogen and oxygen atoms in total. The summed E-state index contributed by atoms with van der Waals surface area (Å²) in [7, 11) is -3.17. The predicted molar refractivity (Wildman–Crippen MR) is 86.8 cm³/mol. The van der Waals surface area contributed by atoms with Crippen molar-refractivity contribution in [3.05, 3.63) is 17.3 Å². The molecule has 22 heavy (non-hydrogen) atoms. The third-order valence-corrected chi connectivity index (χ3v) is 5.66. The SMILES string of the molecule is Cc1nc(NCC2CN(S(C)(=O)=O)CCO2)c2sccc2n1. The second kappa shape index (κ2) is 6.07. The van der Waals surface area contributed by atoms with Crippen LogP contribution in [0.25, 0.3) is 10.2 Å². The van der Waals surface area contributed by atoms with Crippen molar-refractivity contribution < 1.29 is 13.2 Å². The van der Waals surface area contributed by atoms with Crippen LogP contribution in [0.4, 0.5) is 5.82 Å². The Bertz CT molecular complexity index is 775. The molecule has 3 rings (SSSR count). The van der Waals surface area contributed by atoms with Crippen LogP contribution < -0.4 is 5.32 Å². The van der Waals surface area contributed by atoms with E-state index in [-0.39, 0.29) is 6.10 Å². The first kappa shape index (κ1) is 15.6. The molecule has 2 aromatic heterocycles. The van der Waals surface area contributed by atoms with Gasteiger partial charge in [-0.1, -0.05) is 0 Å². The fraction of sp³-hybridized carbons (Fsp3) is 0.538. The Morgan fingerprint density at radius 2 is 2.32 bits per heavy atom. The van der Waals surface area contributed by atoms with E-state index in [1.807, 2.05) is 18.4 Å². The Balaban J connectivity index is 1.70. The Morgan fingerprint density at radius 1 is 1.50 bits per heavy atom. The van der Waals surface area contributed by atoms with E-state index in [0.29, 0.717) is 32.1 Å². The minimum atomic E-state index is -3.17. The van der Waals surface area contributed by atoms with Crippen LogP contribution in [0, 0.1) is 6.92 Å². The molecule has 0 bridgehead atoms. The number of rotatable bonds is 4. The summed E-state index contributed by atoms with van der Waals surface area (Å²) in [5.41, 5.74) is 0.919. The highest BCUT2D eigenvalue weighted by Crippen LogP contribution is 2.26. The van der Waals surface area contributed by atoms with E-state index in [4.69, 9.17) is 4.74 Å². The van der Waals surface area contributed by atoms with Crippen molar-refractivity contribution in [2.75, 3.05) is 37.8 Å². The van der Waals surface area contributed by atoms with Crippen molar-refractivity contribution >= 4 is 37.4 Å². The van der Waals surface area contributed by atoms with E-state index in [9.17, 15) is 8.42 Å². The fourth-order valence-corrected chi connectivity index (χ4v) is 4.07. The third-order valence-electron chi connectivity index (χ3n) is 3.48. The highest BCUT2D eigenvalue weighted by molar-refractivity contribution is 7.88. The number of hydrogen-bond acceptors (Lipinski definition) is 7. The third kappa shape index (κ3) is 3.37. The van der Waals surface area contributed by atoms with Crippen LogP contribution in [0.15, 0.2) is 11.4 Å². The Kier molecular flexibility index (Phi) is 4.31. The van der Waals surface area contributed by atoms with Gasteiger partial charge >= 0.3 is 0 Å². The zero-order chi connectivity index (χ0) is 15.7. The Hall–Kier alpha value is -1.29. The molecule has 0 radical (unpaired) electrons. The average molecular weight is 342 g/mol. The van der Waals surface area contributed by atoms with Crippen molar-refractivity contribution in [2.24, 2.45) is 0 Å². The lowest BCUT2D eigenvalue weighted by molar-refractivity contribution is 0.00702. The summed E-state index contributed by atoms with van der Waals surface area (Å²) < 4.78 is 31.3. The number of morpholine rings is 1. The standard InChI is InChI=1S/C13H18N4O3S2/c1-9-15-11-3-6-21-12(11)13(16-9)14-7-10-8-17(4-5-20-10)22(2,18)19/h3,6,10H,4-5,7-8H2,1-2H3,(H,14,15,16). The average Bonchev–Trinajstić information content (AvgIpc) is 2.92. The smallest absolute Gasteiger partial charge is 0.211 e. The zero-order valence-electron chi connectivity index (χ0n) is 12.4. The van der Waals surface area contributed by atoms with Gasteiger partial charge in [0.2, 0.25) is 10.0 Å². The first-order valence-electron chi connectivity index (χ1n) is 6.96. The van der Waals surface area contributed by atoms with Crippen LogP contribution in [0.3, 0.4) is 0 Å². The van der Waals surface area contributed by atoms with E-state index in [0.717, 1.165) is 16.0 Å². The quantitative estimate of drug-likeness (QED) is 0.895. The molecule has 9 heteroatoms. The number of nitrogens with one attached hydrogen (secondary N) is 1. The lowest BCUT2D eigenvalue weighted by Gasteiger charge is -2.31. The minimum Gasteiger partial charge on any atom is -0.374 e. The highest BCUT2D eigenvalue weighted by atomic mass is 32.2. The molecule has 3 heterocycles. The summed E-state index contributed by atoms with van der Waals surface area (Å²) in [6.07, 6.45) is 1.04. The number of hydrogen-bond donors (Lipinski definition) is 1. The topological polar surface area (TPSA) is 84.4 Å². The van der Waals surface area contributed by atoms with Gasteiger partial charge in [0, 0.05) is 19.6 Å². The van der Waals surface area contributed by atoms with Crippen LogP contribution >= 0.6 is 11.3 Å². The van der Waals surface area contributed by atoms with Crippen molar-refractivity contribution in [3.8, 4) is 0 Å². The summed E-state index contributed by atoms with van der Waals surface area (Å²) in [5.74, 6) is 1.48. The fourth-order valence-electron chi connectivity index (χ4n) is 2.43. The molecule has 0 amide bonds. The van der Waals surface area contributed by atoms with Gasteiger partial charge in [0.25, 0.3) is 0 Å². The van der Waals surface area contributed by atoms with Gasteiger partial charge in [0.1, 0.15) is 11.6 Å². The zero-order valence-corrected chi connectivity index (χ0v) is 14.1. The molecule has 0 aromatic carbocycles. The first-order chi connectivity index (χ1) is 10.4. The van der Waals surface area contributed by atoms with E-state index in [1.54, 1.807) is 11.3 Å². The molecule has 0 aliphatic carbocycles. The van der Waals surface area contributed by atoms with Gasteiger partial charge in [-0.05, 0) is 18.4 Å². The van der Waals surface area contributed by atoms with Gasteiger partial charge in [-0.15, -0.1) is 11.3 Å². The van der Waals surface area contributed by atoms with Crippen molar-refractivity contribution in [2.45, 2.75) is 13.0 Å². The molecule has 2 aromatic rings. The molecule has 1 atom stereocenters. The van der Waals surface area contributed by atoms with E-state index >= 15 is 0 Å². The summed E-state index contributed by atoms with van der Waals surface area (Å²) in [6.45, 7) is 3.55. The molecule has 120 valence electrons. The normalized spacial score (nSPS) is 20.4. The van der Waals surface area contributed by atoms with Crippen molar-refractivity contribution in [3.63, 3.8) is 0 Å². The number of fused-ring (bicyclic) bond motifs is 1. The maximum atomic E-state index is 11.6. The molecule has 1 unspecified atom stereocenters. The van der Waals surface area contributed by atoms with Gasteiger partial charge in [0.15, 0.2) is 0 Å². The molecule has 1 aliphatic heterocycles. The lowest BCUT2D eigenvalue weighted by Crippen LogP contribution is -2.47. The van der Waals surface area contributed by atoms with Crippen LogP contribution in [0.2, 0.25) is 0 Å². The Morgan fingerprint density at radius 3 is 3.09 bits per heavy atom. The van der Waals surface area contributed by atoms with Crippen molar-refractivity contribution in [1.82, 2.24) is 14.3 Å². The number of aryl methyl sites for hydroxylation is 1. The molecule has 1 fully saturated rings. The molecule has 0 spiro atoms. The van der Waals surface area contributed by atoms with Gasteiger partial charge in [-0.25, -0.2) is 18.4 Å². The number of anilines is 1. The van der Waals surface area contributed by atoms with E-state index in [2.05, 4.69) is 15.3 Å². The molecular formula is C13H18N4O3S2. The van der Waals surface area contributed by atoms with Gasteiger partial charge in [0.05, 0.1) is 29.2 Å². The molecule has 0 saturated carbocycles. The van der Waals surface area contributed by atoms with Gasteiger partial charge < -0.3 is 10.1 Å². The van der Waals surface area contributed by atoms with Crippen LogP contribution in [0.5, 0.6) is 0 Å². The number of sulfonamides is 1. The Labute approximate surface area is 133 Å². The number of aromatic nitrogens is 2. The number of thiophene rings is 1. The van der Waals surface area contributed by atoms with Crippen molar-refractivity contribution in [1.29, 1.82) is 0 Å². The maximum absolute atomic E-state index is 11.6.